The molecular formula is C21H16BrN3O2. The Morgan fingerprint density at radius 2 is 1.81 bits per heavy atom. The normalized spacial score (nSPS) is 10.7. The summed E-state index contributed by atoms with van der Waals surface area (Å²) < 4.78 is 8.57. The maximum Gasteiger partial charge on any atom is 0.255 e. The summed E-state index contributed by atoms with van der Waals surface area (Å²) >= 11 is 3.42. The topological polar surface area (TPSA) is 55.6 Å². The van der Waals surface area contributed by atoms with Gasteiger partial charge in [-0.3, -0.25) is 4.79 Å². The first-order valence-electron chi connectivity index (χ1n) is 8.40. The van der Waals surface area contributed by atoms with E-state index in [4.69, 9.17) is 4.74 Å². The fourth-order valence-electron chi connectivity index (χ4n) is 2.67. The maximum absolute atomic E-state index is 12.4. The van der Waals surface area contributed by atoms with E-state index in [0.717, 1.165) is 21.5 Å². The van der Waals surface area contributed by atoms with Gasteiger partial charge in [0.25, 0.3) is 5.91 Å². The van der Waals surface area contributed by atoms with Gasteiger partial charge in [0, 0.05) is 22.4 Å². The van der Waals surface area contributed by atoms with Gasteiger partial charge in [-0.15, -0.1) is 0 Å². The molecule has 27 heavy (non-hydrogen) atoms. The SMILES string of the molecule is O=C(Nc1ccccc1Br)c1ccc(OCc2cn3ccccc3n2)cc1. The van der Waals surface area contributed by atoms with Crippen molar-refractivity contribution in [2.45, 2.75) is 6.61 Å². The van der Waals surface area contributed by atoms with Crippen LogP contribution < -0.4 is 10.1 Å². The number of pyridine rings is 1. The molecule has 4 aromatic rings. The third-order valence-electron chi connectivity index (χ3n) is 4.04. The predicted molar refractivity (Wildman–Crippen MR) is 108 cm³/mol. The lowest BCUT2D eigenvalue weighted by Gasteiger charge is -2.08. The van der Waals surface area contributed by atoms with Gasteiger partial charge in [0.2, 0.25) is 0 Å². The zero-order chi connectivity index (χ0) is 18.6. The number of imidazole rings is 1. The molecule has 0 spiro atoms. The minimum absolute atomic E-state index is 0.172. The molecule has 134 valence electrons. The molecule has 4 rings (SSSR count). The Balaban J connectivity index is 1.39. The van der Waals surface area contributed by atoms with Gasteiger partial charge in [-0.1, -0.05) is 18.2 Å². The molecule has 2 heterocycles. The summed E-state index contributed by atoms with van der Waals surface area (Å²) in [5.41, 5.74) is 3.02. The first kappa shape index (κ1) is 17.3. The highest BCUT2D eigenvalue weighted by atomic mass is 79.9. The largest absolute Gasteiger partial charge is 0.487 e. The molecule has 0 atom stereocenters. The quantitative estimate of drug-likeness (QED) is 0.496. The molecule has 2 aromatic carbocycles. The highest BCUT2D eigenvalue weighted by Gasteiger charge is 2.08. The van der Waals surface area contributed by atoms with Crippen LogP contribution >= 0.6 is 15.9 Å². The fourth-order valence-corrected chi connectivity index (χ4v) is 3.06. The second-order valence-corrected chi connectivity index (χ2v) is 6.80. The van der Waals surface area contributed by atoms with Crippen LogP contribution in [0.4, 0.5) is 5.69 Å². The molecular weight excluding hydrogens is 406 g/mol. The minimum atomic E-state index is -0.172. The molecule has 0 bridgehead atoms. The summed E-state index contributed by atoms with van der Waals surface area (Å²) in [6.45, 7) is 0.365. The van der Waals surface area contributed by atoms with Gasteiger partial charge < -0.3 is 14.5 Å². The Morgan fingerprint density at radius 3 is 2.59 bits per heavy atom. The van der Waals surface area contributed by atoms with Gasteiger partial charge in [0.15, 0.2) is 0 Å². The minimum Gasteiger partial charge on any atom is -0.487 e. The molecule has 1 N–H and O–H groups in total. The highest BCUT2D eigenvalue weighted by molar-refractivity contribution is 9.10. The molecule has 2 aromatic heterocycles. The Hall–Kier alpha value is -3.12. The molecule has 0 saturated carbocycles. The van der Waals surface area contributed by atoms with E-state index in [0.29, 0.717) is 17.9 Å². The molecule has 5 nitrogen and oxygen atoms in total. The number of fused-ring (bicyclic) bond motifs is 1. The van der Waals surface area contributed by atoms with E-state index in [1.54, 1.807) is 24.3 Å². The van der Waals surface area contributed by atoms with Crippen LogP contribution in [0.1, 0.15) is 16.1 Å². The van der Waals surface area contributed by atoms with Crippen molar-refractivity contribution in [1.82, 2.24) is 9.38 Å². The Labute approximate surface area is 164 Å². The monoisotopic (exact) mass is 421 g/mol. The number of rotatable bonds is 5. The number of amides is 1. The third kappa shape index (κ3) is 4.01. The van der Waals surface area contributed by atoms with E-state index in [-0.39, 0.29) is 5.91 Å². The van der Waals surface area contributed by atoms with E-state index in [1.165, 1.54) is 0 Å². The van der Waals surface area contributed by atoms with Crippen molar-refractivity contribution < 1.29 is 9.53 Å². The zero-order valence-electron chi connectivity index (χ0n) is 14.3. The van der Waals surface area contributed by atoms with Gasteiger partial charge >= 0.3 is 0 Å². The van der Waals surface area contributed by atoms with Crippen LogP contribution in [-0.2, 0) is 6.61 Å². The second kappa shape index (κ2) is 7.63. The van der Waals surface area contributed by atoms with Crippen LogP contribution in [0.25, 0.3) is 5.65 Å². The number of anilines is 1. The number of nitrogens with zero attached hydrogens (tertiary/aromatic N) is 2. The number of hydrogen-bond acceptors (Lipinski definition) is 3. The number of aromatic nitrogens is 2. The first-order valence-corrected chi connectivity index (χ1v) is 9.20. The number of halogens is 1. The summed E-state index contributed by atoms with van der Waals surface area (Å²) in [6, 6.07) is 20.4. The van der Waals surface area contributed by atoms with Gasteiger partial charge in [-0.05, 0) is 64.5 Å². The average molecular weight is 422 g/mol. The van der Waals surface area contributed by atoms with Gasteiger partial charge in [0.1, 0.15) is 18.0 Å². The van der Waals surface area contributed by atoms with E-state index >= 15 is 0 Å². The number of ether oxygens (including phenoxy) is 1. The third-order valence-corrected chi connectivity index (χ3v) is 4.73. The van der Waals surface area contributed by atoms with Gasteiger partial charge in [-0.25, -0.2) is 4.98 Å². The van der Waals surface area contributed by atoms with Crippen LogP contribution in [0, 0.1) is 0 Å². The lowest BCUT2D eigenvalue weighted by molar-refractivity contribution is 0.102. The molecule has 0 radical (unpaired) electrons. The smallest absolute Gasteiger partial charge is 0.255 e. The molecule has 0 saturated heterocycles. The van der Waals surface area contributed by atoms with Crippen LogP contribution in [-0.4, -0.2) is 15.3 Å². The second-order valence-electron chi connectivity index (χ2n) is 5.95. The summed E-state index contributed by atoms with van der Waals surface area (Å²) in [5, 5.41) is 2.88. The molecule has 0 aliphatic carbocycles. The van der Waals surface area contributed by atoms with Crippen molar-refractivity contribution in [3.8, 4) is 5.75 Å². The summed E-state index contributed by atoms with van der Waals surface area (Å²) in [4.78, 5) is 16.9. The maximum atomic E-state index is 12.4. The van der Waals surface area contributed by atoms with Crippen molar-refractivity contribution in [3.63, 3.8) is 0 Å². The lowest BCUT2D eigenvalue weighted by atomic mass is 10.2. The summed E-state index contributed by atoms with van der Waals surface area (Å²) in [6.07, 6.45) is 3.89. The van der Waals surface area contributed by atoms with Crippen LogP contribution in [0.5, 0.6) is 5.75 Å². The predicted octanol–water partition coefficient (Wildman–Crippen LogP) is 4.93. The van der Waals surface area contributed by atoms with Crippen molar-refractivity contribution in [1.29, 1.82) is 0 Å². The molecule has 0 fully saturated rings. The van der Waals surface area contributed by atoms with Crippen molar-refractivity contribution in [2.75, 3.05) is 5.32 Å². The first-order chi connectivity index (χ1) is 13.2. The Kier molecular flexibility index (Phi) is 4.89. The number of carbonyl (C=O) groups excluding carboxylic acids is 1. The van der Waals surface area contributed by atoms with Gasteiger partial charge in [-0.2, -0.15) is 0 Å². The molecule has 0 unspecified atom stereocenters. The molecule has 0 aliphatic rings. The van der Waals surface area contributed by atoms with E-state index < -0.39 is 0 Å². The lowest BCUT2D eigenvalue weighted by Crippen LogP contribution is -2.12. The number of hydrogen-bond donors (Lipinski definition) is 1. The molecule has 1 amide bonds. The summed E-state index contributed by atoms with van der Waals surface area (Å²) in [7, 11) is 0. The summed E-state index contributed by atoms with van der Waals surface area (Å²) in [5.74, 6) is 0.512. The number of carbonyl (C=O) groups is 1. The Bertz CT molecular complexity index is 1060. The number of para-hydroxylation sites is 1. The van der Waals surface area contributed by atoms with Crippen molar-refractivity contribution in [3.05, 3.63) is 94.9 Å². The van der Waals surface area contributed by atoms with Gasteiger partial charge in [0.05, 0.1) is 11.4 Å². The van der Waals surface area contributed by atoms with Crippen LogP contribution in [0.2, 0.25) is 0 Å². The standard InChI is InChI=1S/C21H16BrN3O2/c22-18-5-1-2-6-19(18)24-21(26)15-8-10-17(11-9-15)27-14-16-13-25-12-4-3-7-20(25)23-16/h1-13H,14H2,(H,24,26). The zero-order valence-corrected chi connectivity index (χ0v) is 15.9. The van der Waals surface area contributed by atoms with Crippen LogP contribution in [0.15, 0.2) is 83.6 Å². The average Bonchev–Trinajstić information content (AvgIpc) is 3.11. The highest BCUT2D eigenvalue weighted by Crippen LogP contribution is 2.22. The number of benzene rings is 2. The fraction of sp³-hybridized carbons (Fsp3) is 0.0476. The van der Waals surface area contributed by atoms with Crippen molar-refractivity contribution in [2.24, 2.45) is 0 Å². The van der Waals surface area contributed by atoms with Crippen LogP contribution in [0.3, 0.4) is 0 Å². The number of nitrogens with one attached hydrogen (secondary N) is 1. The molecule has 6 heteroatoms. The van der Waals surface area contributed by atoms with E-state index in [2.05, 4.69) is 26.2 Å². The molecule has 0 aliphatic heterocycles. The van der Waals surface area contributed by atoms with Crippen molar-refractivity contribution >= 4 is 33.2 Å². The van der Waals surface area contributed by atoms with E-state index in [9.17, 15) is 4.79 Å². The van der Waals surface area contributed by atoms with E-state index in [1.807, 2.05) is 59.3 Å². The Morgan fingerprint density at radius 1 is 1.04 bits per heavy atom.